The van der Waals surface area contributed by atoms with Crippen molar-refractivity contribution in [1.82, 2.24) is 10.2 Å². The van der Waals surface area contributed by atoms with Crippen molar-refractivity contribution < 1.29 is 14.3 Å². The van der Waals surface area contributed by atoms with Crippen LogP contribution in [-0.4, -0.2) is 54.6 Å². The molecule has 0 bridgehead atoms. The first-order valence-corrected chi connectivity index (χ1v) is 7.32. The average Bonchev–Trinajstić information content (AvgIpc) is 2.44. The van der Waals surface area contributed by atoms with Crippen molar-refractivity contribution in [3.63, 3.8) is 0 Å². The van der Waals surface area contributed by atoms with Gasteiger partial charge in [-0.2, -0.15) is 0 Å². The number of thiocarbonyl (C=S) groups is 1. The Balaban J connectivity index is 2.86. The van der Waals surface area contributed by atoms with E-state index in [1.807, 2.05) is 13.8 Å². The molecule has 6 nitrogen and oxygen atoms in total. The van der Waals surface area contributed by atoms with Gasteiger partial charge in [0, 0.05) is 26.3 Å². The average molecular weight is 301 g/mol. The summed E-state index contributed by atoms with van der Waals surface area (Å²) >= 11 is 5.11. The predicted octanol–water partition coefficient (Wildman–Crippen LogP) is 0.0539. The summed E-state index contributed by atoms with van der Waals surface area (Å²) in [6.45, 7) is 5.62. The highest BCUT2D eigenvalue weighted by Crippen LogP contribution is 2.33. The van der Waals surface area contributed by atoms with Crippen LogP contribution < -0.4 is 11.1 Å². The highest BCUT2D eigenvalue weighted by molar-refractivity contribution is 7.80. The van der Waals surface area contributed by atoms with Gasteiger partial charge in [0.25, 0.3) is 0 Å². The van der Waals surface area contributed by atoms with Gasteiger partial charge in [0.15, 0.2) is 0 Å². The van der Waals surface area contributed by atoms with Crippen LogP contribution in [0.2, 0.25) is 0 Å². The van der Waals surface area contributed by atoms with E-state index in [-0.39, 0.29) is 23.3 Å². The van der Waals surface area contributed by atoms with Crippen LogP contribution in [0.4, 0.5) is 0 Å². The van der Waals surface area contributed by atoms with E-state index in [0.29, 0.717) is 39.1 Å². The summed E-state index contributed by atoms with van der Waals surface area (Å²) < 4.78 is 5.29. The summed E-state index contributed by atoms with van der Waals surface area (Å²) in [7, 11) is 0. The Morgan fingerprint density at radius 3 is 2.40 bits per heavy atom. The first-order valence-electron chi connectivity index (χ1n) is 6.91. The molecule has 0 radical (unpaired) electrons. The first-order chi connectivity index (χ1) is 9.47. The van der Waals surface area contributed by atoms with Crippen molar-refractivity contribution >= 4 is 29.0 Å². The Morgan fingerprint density at radius 1 is 1.35 bits per heavy atom. The molecule has 0 unspecified atom stereocenters. The molecule has 0 aromatic rings. The molecule has 0 saturated carbocycles. The lowest BCUT2D eigenvalue weighted by molar-refractivity contribution is -0.145. The Morgan fingerprint density at radius 2 is 1.95 bits per heavy atom. The van der Waals surface area contributed by atoms with Gasteiger partial charge in [-0.15, -0.1) is 0 Å². The molecule has 7 heteroatoms. The molecule has 1 saturated heterocycles. The van der Waals surface area contributed by atoms with Gasteiger partial charge in [-0.05, 0) is 26.7 Å². The molecule has 20 heavy (non-hydrogen) atoms. The molecule has 1 heterocycles. The minimum absolute atomic E-state index is 0.0361. The molecule has 0 aromatic carbocycles. The third-order valence-corrected chi connectivity index (χ3v) is 4.00. The SMILES string of the molecule is CCNC(=O)CN(CC)C(=O)C1(C(N)=S)CCOCC1. The lowest BCUT2D eigenvalue weighted by atomic mass is 9.78. The maximum atomic E-state index is 12.8. The maximum Gasteiger partial charge on any atom is 0.239 e. The highest BCUT2D eigenvalue weighted by atomic mass is 32.1. The number of amides is 2. The molecule has 0 aliphatic carbocycles. The Labute approximate surface area is 125 Å². The highest BCUT2D eigenvalue weighted by Gasteiger charge is 2.45. The van der Waals surface area contributed by atoms with Crippen molar-refractivity contribution in [3.05, 3.63) is 0 Å². The second-order valence-corrected chi connectivity index (χ2v) is 5.27. The fourth-order valence-electron chi connectivity index (χ4n) is 2.34. The maximum absolute atomic E-state index is 12.8. The smallest absolute Gasteiger partial charge is 0.239 e. The van der Waals surface area contributed by atoms with Crippen molar-refractivity contribution in [2.24, 2.45) is 11.1 Å². The monoisotopic (exact) mass is 301 g/mol. The summed E-state index contributed by atoms with van der Waals surface area (Å²) in [6.07, 6.45) is 0.958. The van der Waals surface area contributed by atoms with Crippen molar-refractivity contribution in [3.8, 4) is 0 Å². The van der Waals surface area contributed by atoms with Gasteiger partial charge in [-0.1, -0.05) is 12.2 Å². The van der Waals surface area contributed by atoms with Gasteiger partial charge in [0.05, 0.1) is 11.5 Å². The number of nitrogens with one attached hydrogen (secondary N) is 1. The van der Waals surface area contributed by atoms with Gasteiger partial charge in [-0.3, -0.25) is 9.59 Å². The molecule has 2 amide bonds. The van der Waals surface area contributed by atoms with Crippen LogP contribution >= 0.6 is 12.2 Å². The Kier molecular flexibility index (Phi) is 6.35. The number of hydrogen-bond acceptors (Lipinski definition) is 4. The molecule has 0 spiro atoms. The summed E-state index contributed by atoms with van der Waals surface area (Å²) in [5.41, 5.74) is 4.95. The Bertz CT molecular complexity index is 381. The third kappa shape index (κ3) is 3.67. The van der Waals surface area contributed by atoms with E-state index < -0.39 is 5.41 Å². The zero-order chi connectivity index (χ0) is 15.2. The van der Waals surface area contributed by atoms with Crippen molar-refractivity contribution in [2.75, 3.05) is 32.8 Å². The number of rotatable bonds is 6. The van der Waals surface area contributed by atoms with Crippen LogP contribution in [0.25, 0.3) is 0 Å². The number of nitrogens with two attached hydrogens (primary N) is 1. The van der Waals surface area contributed by atoms with E-state index in [2.05, 4.69) is 5.32 Å². The van der Waals surface area contributed by atoms with E-state index in [1.54, 1.807) is 0 Å². The van der Waals surface area contributed by atoms with Gasteiger partial charge in [0.1, 0.15) is 5.41 Å². The number of hydrogen-bond donors (Lipinski definition) is 2. The van der Waals surface area contributed by atoms with Crippen LogP contribution in [0.5, 0.6) is 0 Å². The molecule has 1 rings (SSSR count). The number of ether oxygens (including phenoxy) is 1. The quantitative estimate of drug-likeness (QED) is 0.677. The minimum atomic E-state index is -0.865. The normalized spacial score (nSPS) is 17.3. The molecule has 1 aliphatic rings. The second-order valence-electron chi connectivity index (χ2n) is 4.83. The topological polar surface area (TPSA) is 84.7 Å². The van der Waals surface area contributed by atoms with Gasteiger partial charge >= 0.3 is 0 Å². The van der Waals surface area contributed by atoms with Gasteiger partial charge in [0.2, 0.25) is 11.8 Å². The second kappa shape index (κ2) is 7.54. The standard InChI is InChI=1S/C13H23N3O3S/c1-3-15-10(17)9-16(4-2)12(18)13(11(14)20)5-7-19-8-6-13/h3-9H2,1-2H3,(H2,14,20)(H,15,17). The summed E-state index contributed by atoms with van der Waals surface area (Å²) in [4.78, 5) is 26.1. The number of nitrogens with zero attached hydrogens (tertiary/aromatic N) is 1. The van der Waals surface area contributed by atoms with E-state index >= 15 is 0 Å². The zero-order valence-electron chi connectivity index (χ0n) is 12.1. The lowest BCUT2D eigenvalue weighted by Gasteiger charge is -2.38. The minimum Gasteiger partial charge on any atom is -0.392 e. The van der Waals surface area contributed by atoms with Gasteiger partial charge < -0.3 is 20.7 Å². The molecule has 3 N–H and O–H groups in total. The first kappa shape index (κ1) is 16.8. The third-order valence-electron chi connectivity index (χ3n) is 3.60. The summed E-state index contributed by atoms with van der Waals surface area (Å²) in [5, 5.41) is 2.69. The molecule has 0 aromatic heterocycles. The number of carbonyl (C=O) groups excluding carboxylic acids is 2. The van der Waals surface area contributed by atoms with Crippen LogP contribution in [0.15, 0.2) is 0 Å². The number of carbonyl (C=O) groups is 2. The van der Waals surface area contributed by atoms with E-state index in [1.165, 1.54) is 4.90 Å². The largest absolute Gasteiger partial charge is 0.392 e. The zero-order valence-corrected chi connectivity index (χ0v) is 12.9. The van der Waals surface area contributed by atoms with Gasteiger partial charge in [-0.25, -0.2) is 0 Å². The van der Waals surface area contributed by atoms with Crippen LogP contribution in [0.3, 0.4) is 0 Å². The summed E-state index contributed by atoms with van der Waals surface area (Å²) in [5.74, 6) is -0.338. The van der Waals surface area contributed by atoms with Crippen LogP contribution in [-0.2, 0) is 14.3 Å². The van der Waals surface area contributed by atoms with Crippen molar-refractivity contribution in [1.29, 1.82) is 0 Å². The van der Waals surface area contributed by atoms with E-state index in [4.69, 9.17) is 22.7 Å². The summed E-state index contributed by atoms with van der Waals surface area (Å²) in [6, 6.07) is 0. The number of likely N-dealkylation sites (N-methyl/N-ethyl adjacent to an activating group) is 2. The molecule has 0 atom stereocenters. The van der Waals surface area contributed by atoms with E-state index in [0.717, 1.165) is 0 Å². The fraction of sp³-hybridized carbons (Fsp3) is 0.769. The predicted molar refractivity (Wildman–Crippen MR) is 80.2 cm³/mol. The molecular weight excluding hydrogens is 278 g/mol. The molecular formula is C13H23N3O3S. The van der Waals surface area contributed by atoms with Crippen LogP contribution in [0.1, 0.15) is 26.7 Å². The lowest BCUT2D eigenvalue weighted by Crippen LogP contribution is -2.54. The fourth-order valence-corrected chi connectivity index (χ4v) is 2.63. The van der Waals surface area contributed by atoms with E-state index in [9.17, 15) is 9.59 Å². The molecule has 114 valence electrons. The Hall–Kier alpha value is -1.21. The molecule has 1 aliphatic heterocycles. The van der Waals surface area contributed by atoms with Crippen LogP contribution in [0, 0.1) is 5.41 Å². The molecule has 1 fully saturated rings. The van der Waals surface area contributed by atoms with Crippen molar-refractivity contribution in [2.45, 2.75) is 26.7 Å².